The summed E-state index contributed by atoms with van der Waals surface area (Å²) in [6.07, 6.45) is 0. The Morgan fingerprint density at radius 3 is 2.20 bits per heavy atom. The second kappa shape index (κ2) is 4.63. The van der Waals surface area contributed by atoms with E-state index >= 15 is 0 Å². The van der Waals surface area contributed by atoms with E-state index in [1.54, 1.807) is 12.1 Å². The van der Waals surface area contributed by atoms with Crippen LogP contribution in [0.2, 0.25) is 0 Å². The topological polar surface area (TPSA) is 72.2 Å². The Hall–Kier alpha value is -1.07. The summed E-state index contributed by atoms with van der Waals surface area (Å²) < 4.78 is 21.7. The summed E-state index contributed by atoms with van der Waals surface area (Å²) in [5.41, 5.74) is 1.68. The maximum absolute atomic E-state index is 10.8. The standard InChI is InChI=1S/C10H16N2O2S/c1-8(2)12-10-5-3-9(4-6-10)7-15(11,13)14/h3-6,8,12H,7H2,1-2H3,(H2,11,13,14). The summed E-state index contributed by atoms with van der Waals surface area (Å²) in [7, 11) is -3.43. The number of anilines is 1. The molecule has 0 atom stereocenters. The number of nitrogens with two attached hydrogens (primary N) is 1. The van der Waals surface area contributed by atoms with Crippen molar-refractivity contribution in [1.82, 2.24) is 0 Å². The zero-order chi connectivity index (χ0) is 11.5. The molecule has 5 heteroatoms. The number of nitrogens with one attached hydrogen (secondary N) is 1. The van der Waals surface area contributed by atoms with Crippen molar-refractivity contribution >= 4 is 15.7 Å². The molecule has 15 heavy (non-hydrogen) atoms. The molecule has 0 fully saturated rings. The van der Waals surface area contributed by atoms with Gasteiger partial charge in [0.15, 0.2) is 0 Å². The van der Waals surface area contributed by atoms with E-state index < -0.39 is 10.0 Å². The van der Waals surface area contributed by atoms with E-state index in [4.69, 9.17) is 5.14 Å². The Morgan fingerprint density at radius 2 is 1.80 bits per heavy atom. The lowest BCUT2D eigenvalue weighted by Crippen LogP contribution is -2.14. The number of benzene rings is 1. The quantitative estimate of drug-likeness (QED) is 0.815. The number of hydrogen-bond donors (Lipinski definition) is 2. The molecule has 0 spiro atoms. The molecule has 3 N–H and O–H groups in total. The van der Waals surface area contributed by atoms with Gasteiger partial charge in [-0.05, 0) is 31.5 Å². The number of rotatable bonds is 4. The molecule has 0 radical (unpaired) electrons. The molecule has 1 aromatic carbocycles. The maximum Gasteiger partial charge on any atom is 0.213 e. The van der Waals surface area contributed by atoms with Gasteiger partial charge in [-0.2, -0.15) is 0 Å². The Bertz CT molecular complexity index is 410. The molecule has 0 saturated heterocycles. The van der Waals surface area contributed by atoms with Gasteiger partial charge in [-0.25, -0.2) is 13.6 Å². The van der Waals surface area contributed by atoms with Crippen LogP contribution in [0, 0.1) is 0 Å². The molecule has 4 nitrogen and oxygen atoms in total. The van der Waals surface area contributed by atoms with E-state index in [0.29, 0.717) is 11.6 Å². The minimum atomic E-state index is -3.43. The molecule has 1 rings (SSSR count). The first kappa shape index (κ1) is 12.0. The van der Waals surface area contributed by atoms with Crippen LogP contribution in [0.1, 0.15) is 19.4 Å². The highest BCUT2D eigenvalue weighted by Gasteiger charge is 2.04. The smallest absolute Gasteiger partial charge is 0.213 e. The summed E-state index contributed by atoms with van der Waals surface area (Å²) >= 11 is 0. The summed E-state index contributed by atoms with van der Waals surface area (Å²) in [6.45, 7) is 4.08. The van der Waals surface area contributed by atoms with Crippen molar-refractivity contribution in [1.29, 1.82) is 0 Å². The van der Waals surface area contributed by atoms with Gasteiger partial charge in [-0.15, -0.1) is 0 Å². The van der Waals surface area contributed by atoms with E-state index in [-0.39, 0.29) is 5.75 Å². The lowest BCUT2D eigenvalue weighted by atomic mass is 10.2. The fourth-order valence-electron chi connectivity index (χ4n) is 1.26. The fourth-order valence-corrected chi connectivity index (χ4v) is 1.92. The first-order valence-electron chi connectivity index (χ1n) is 4.73. The van der Waals surface area contributed by atoms with Crippen molar-refractivity contribution in [2.75, 3.05) is 5.32 Å². The maximum atomic E-state index is 10.8. The summed E-state index contributed by atoms with van der Waals surface area (Å²) in [5, 5.41) is 8.16. The third-order valence-electron chi connectivity index (χ3n) is 1.78. The Kier molecular flexibility index (Phi) is 3.71. The van der Waals surface area contributed by atoms with Gasteiger partial charge in [0.25, 0.3) is 0 Å². The van der Waals surface area contributed by atoms with Crippen LogP contribution in [0.4, 0.5) is 5.69 Å². The summed E-state index contributed by atoms with van der Waals surface area (Å²) in [5.74, 6) is -0.116. The largest absolute Gasteiger partial charge is 0.383 e. The molecule has 0 aliphatic rings. The van der Waals surface area contributed by atoms with Gasteiger partial charge in [-0.1, -0.05) is 12.1 Å². The second-order valence-electron chi connectivity index (χ2n) is 3.80. The van der Waals surface area contributed by atoms with E-state index in [0.717, 1.165) is 5.69 Å². The molecule has 0 aromatic heterocycles. The van der Waals surface area contributed by atoms with Crippen LogP contribution >= 0.6 is 0 Å². The van der Waals surface area contributed by atoms with Crippen LogP contribution in [0.15, 0.2) is 24.3 Å². The van der Waals surface area contributed by atoms with Gasteiger partial charge in [0.1, 0.15) is 0 Å². The van der Waals surface area contributed by atoms with Gasteiger partial charge >= 0.3 is 0 Å². The van der Waals surface area contributed by atoms with Crippen LogP contribution < -0.4 is 10.5 Å². The molecule has 0 saturated carbocycles. The molecule has 0 aliphatic heterocycles. The first-order chi connectivity index (χ1) is 6.87. The van der Waals surface area contributed by atoms with Crippen LogP contribution in [0.25, 0.3) is 0 Å². The first-order valence-corrected chi connectivity index (χ1v) is 6.44. The third kappa shape index (κ3) is 4.80. The lowest BCUT2D eigenvalue weighted by molar-refractivity contribution is 0.597. The summed E-state index contributed by atoms with van der Waals surface area (Å²) in [6, 6.07) is 7.57. The molecule has 0 unspecified atom stereocenters. The van der Waals surface area contributed by atoms with E-state index in [2.05, 4.69) is 5.32 Å². The monoisotopic (exact) mass is 228 g/mol. The molecular weight excluding hydrogens is 212 g/mol. The second-order valence-corrected chi connectivity index (χ2v) is 5.42. The average molecular weight is 228 g/mol. The SMILES string of the molecule is CC(C)Nc1ccc(CS(N)(=O)=O)cc1. The van der Waals surface area contributed by atoms with Gasteiger partial charge in [0.05, 0.1) is 5.75 Å². The van der Waals surface area contributed by atoms with Crippen molar-refractivity contribution in [2.24, 2.45) is 5.14 Å². The Morgan fingerprint density at radius 1 is 1.27 bits per heavy atom. The van der Waals surface area contributed by atoms with E-state index in [1.165, 1.54) is 0 Å². The Balaban J connectivity index is 2.73. The predicted octanol–water partition coefficient (Wildman–Crippen LogP) is 1.30. The van der Waals surface area contributed by atoms with E-state index in [9.17, 15) is 8.42 Å². The van der Waals surface area contributed by atoms with Crippen molar-refractivity contribution < 1.29 is 8.42 Å². The van der Waals surface area contributed by atoms with Crippen molar-refractivity contribution in [3.05, 3.63) is 29.8 Å². The molecule has 0 bridgehead atoms. The fraction of sp³-hybridized carbons (Fsp3) is 0.400. The van der Waals surface area contributed by atoms with Gasteiger partial charge in [0, 0.05) is 11.7 Å². The van der Waals surface area contributed by atoms with Crippen molar-refractivity contribution in [2.45, 2.75) is 25.6 Å². The highest BCUT2D eigenvalue weighted by Crippen LogP contribution is 2.11. The van der Waals surface area contributed by atoms with Crippen LogP contribution in [-0.2, 0) is 15.8 Å². The zero-order valence-corrected chi connectivity index (χ0v) is 9.71. The highest BCUT2D eigenvalue weighted by atomic mass is 32.2. The van der Waals surface area contributed by atoms with Crippen molar-refractivity contribution in [3.63, 3.8) is 0 Å². The van der Waals surface area contributed by atoms with Crippen LogP contribution in [0.3, 0.4) is 0 Å². The number of primary sulfonamides is 1. The molecule has 84 valence electrons. The highest BCUT2D eigenvalue weighted by molar-refractivity contribution is 7.88. The molecule has 0 heterocycles. The predicted molar refractivity (Wildman–Crippen MR) is 62.0 cm³/mol. The van der Waals surface area contributed by atoms with Crippen molar-refractivity contribution in [3.8, 4) is 0 Å². The van der Waals surface area contributed by atoms with Gasteiger partial charge < -0.3 is 5.32 Å². The minimum Gasteiger partial charge on any atom is -0.383 e. The van der Waals surface area contributed by atoms with Crippen LogP contribution in [0.5, 0.6) is 0 Å². The number of hydrogen-bond acceptors (Lipinski definition) is 3. The normalized spacial score (nSPS) is 11.7. The number of sulfonamides is 1. The minimum absolute atomic E-state index is 0.116. The third-order valence-corrected chi connectivity index (χ3v) is 2.51. The zero-order valence-electron chi connectivity index (χ0n) is 8.90. The molecular formula is C10H16N2O2S. The van der Waals surface area contributed by atoms with Gasteiger partial charge in [0.2, 0.25) is 10.0 Å². The molecule has 1 aromatic rings. The molecule has 0 amide bonds. The van der Waals surface area contributed by atoms with Gasteiger partial charge in [-0.3, -0.25) is 0 Å². The van der Waals surface area contributed by atoms with Crippen LogP contribution in [-0.4, -0.2) is 14.5 Å². The molecule has 0 aliphatic carbocycles. The Labute approximate surface area is 90.5 Å². The summed E-state index contributed by atoms with van der Waals surface area (Å²) in [4.78, 5) is 0. The lowest BCUT2D eigenvalue weighted by Gasteiger charge is -2.10. The van der Waals surface area contributed by atoms with E-state index in [1.807, 2.05) is 26.0 Å². The average Bonchev–Trinajstić information content (AvgIpc) is 2.05.